The lowest BCUT2D eigenvalue weighted by molar-refractivity contribution is 0.192. The number of ether oxygens (including phenoxy) is 1. The van der Waals surface area contributed by atoms with Crippen LogP contribution >= 0.6 is 0 Å². The van der Waals surface area contributed by atoms with Crippen LogP contribution in [0.15, 0.2) is 4.52 Å². The molecule has 1 aliphatic rings. The van der Waals surface area contributed by atoms with Crippen molar-refractivity contribution in [1.82, 2.24) is 10.1 Å². The van der Waals surface area contributed by atoms with E-state index >= 15 is 0 Å². The van der Waals surface area contributed by atoms with Crippen molar-refractivity contribution in [3.8, 4) is 0 Å². The maximum Gasteiger partial charge on any atom is 0.226 e. The van der Waals surface area contributed by atoms with Gasteiger partial charge in [-0.2, -0.15) is 4.98 Å². The van der Waals surface area contributed by atoms with E-state index in [2.05, 4.69) is 24.0 Å². The van der Waals surface area contributed by atoms with Gasteiger partial charge in [-0.15, -0.1) is 0 Å². The zero-order chi connectivity index (χ0) is 13.7. The zero-order valence-electron chi connectivity index (χ0n) is 12.0. The van der Waals surface area contributed by atoms with Crippen molar-refractivity contribution in [1.29, 1.82) is 0 Å². The van der Waals surface area contributed by atoms with Gasteiger partial charge in [0.1, 0.15) is 0 Å². The van der Waals surface area contributed by atoms with E-state index in [9.17, 15) is 0 Å². The SMILES string of the molecule is CC(C)C(CCN)CCc1nc(C2CCOC2)no1. The second kappa shape index (κ2) is 7.01. The Bertz CT molecular complexity index is 373. The highest BCUT2D eigenvalue weighted by Crippen LogP contribution is 2.24. The van der Waals surface area contributed by atoms with Gasteiger partial charge < -0.3 is 15.0 Å². The molecule has 2 heterocycles. The molecule has 2 unspecified atom stereocenters. The van der Waals surface area contributed by atoms with E-state index in [1.165, 1.54) is 0 Å². The van der Waals surface area contributed by atoms with Gasteiger partial charge in [0.2, 0.25) is 5.89 Å². The summed E-state index contributed by atoms with van der Waals surface area (Å²) < 4.78 is 10.7. The summed E-state index contributed by atoms with van der Waals surface area (Å²) in [5.41, 5.74) is 5.66. The smallest absolute Gasteiger partial charge is 0.226 e. The number of rotatable bonds is 7. The largest absolute Gasteiger partial charge is 0.381 e. The molecule has 2 N–H and O–H groups in total. The van der Waals surface area contributed by atoms with Gasteiger partial charge in [-0.05, 0) is 37.6 Å². The third-order valence-corrected chi connectivity index (χ3v) is 3.99. The number of hydrogen-bond donors (Lipinski definition) is 1. The van der Waals surface area contributed by atoms with Crippen LogP contribution < -0.4 is 5.73 Å². The summed E-state index contributed by atoms with van der Waals surface area (Å²) in [7, 11) is 0. The Kier molecular flexibility index (Phi) is 5.34. The van der Waals surface area contributed by atoms with Crippen LogP contribution in [-0.2, 0) is 11.2 Å². The summed E-state index contributed by atoms with van der Waals surface area (Å²) >= 11 is 0. The Morgan fingerprint density at radius 1 is 1.37 bits per heavy atom. The molecule has 19 heavy (non-hydrogen) atoms. The molecule has 0 amide bonds. The molecule has 0 bridgehead atoms. The highest BCUT2D eigenvalue weighted by atomic mass is 16.5. The lowest BCUT2D eigenvalue weighted by Gasteiger charge is -2.18. The molecule has 1 aromatic rings. The zero-order valence-corrected chi connectivity index (χ0v) is 12.0. The second-order valence-electron chi connectivity index (χ2n) is 5.73. The van der Waals surface area contributed by atoms with Crippen LogP contribution in [0.3, 0.4) is 0 Å². The summed E-state index contributed by atoms with van der Waals surface area (Å²) in [6, 6.07) is 0. The van der Waals surface area contributed by atoms with Gasteiger partial charge in [0, 0.05) is 18.9 Å². The first-order valence-corrected chi connectivity index (χ1v) is 7.31. The number of nitrogens with zero attached hydrogens (tertiary/aromatic N) is 2. The van der Waals surface area contributed by atoms with Crippen LogP contribution in [0.2, 0.25) is 0 Å². The molecule has 5 nitrogen and oxygen atoms in total. The molecule has 1 aliphatic heterocycles. The van der Waals surface area contributed by atoms with Crippen LogP contribution in [0.25, 0.3) is 0 Å². The van der Waals surface area contributed by atoms with Crippen LogP contribution in [0, 0.1) is 11.8 Å². The maximum absolute atomic E-state index is 5.66. The van der Waals surface area contributed by atoms with Gasteiger partial charge in [0.15, 0.2) is 5.82 Å². The molecule has 0 aromatic carbocycles. The standard InChI is InChI=1S/C14H25N3O2/c1-10(2)11(5-7-15)3-4-13-16-14(17-19-13)12-6-8-18-9-12/h10-12H,3-9,15H2,1-2H3. The van der Waals surface area contributed by atoms with Gasteiger partial charge in [-0.25, -0.2) is 0 Å². The van der Waals surface area contributed by atoms with E-state index in [-0.39, 0.29) is 0 Å². The highest BCUT2D eigenvalue weighted by molar-refractivity contribution is 4.97. The average Bonchev–Trinajstić information content (AvgIpc) is 3.04. The quantitative estimate of drug-likeness (QED) is 0.819. The molecular weight excluding hydrogens is 242 g/mol. The number of hydrogen-bond acceptors (Lipinski definition) is 5. The molecule has 2 atom stereocenters. The van der Waals surface area contributed by atoms with E-state index in [0.717, 1.165) is 57.2 Å². The molecule has 1 saturated heterocycles. The van der Waals surface area contributed by atoms with Crippen LogP contribution in [0.4, 0.5) is 0 Å². The molecule has 5 heteroatoms. The summed E-state index contributed by atoms with van der Waals surface area (Å²) in [5, 5.41) is 4.08. The Morgan fingerprint density at radius 2 is 2.21 bits per heavy atom. The minimum atomic E-state index is 0.322. The minimum Gasteiger partial charge on any atom is -0.381 e. The molecule has 0 aliphatic carbocycles. The Labute approximate surface area is 114 Å². The van der Waals surface area contributed by atoms with Gasteiger partial charge in [0.05, 0.1) is 6.61 Å². The fourth-order valence-corrected chi connectivity index (χ4v) is 2.61. The van der Waals surface area contributed by atoms with Crippen molar-refractivity contribution in [3.63, 3.8) is 0 Å². The first-order valence-electron chi connectivity index (χ1n) is 7.31. The van der Waals surface area contributed by atoms with Crippen molar-refractivity contribution in [2.24, 2.45) is 17.6 Å². The van der Waals surface area contributed by atoms with Crippen molar-refractivity contribution in [2.45, 2.75) is 45.4 Å². The predicted octanol–water partition coefficient (Wildman–Crippen LogP) is 2.13. The van der Waals surface area contributed by atoms with Crippen molar-refractivity contribution in [3.05, 3.63) is 11.7 Å². The monoisotopic (exact) mass is 267 g/mol. The number of nitrogens with two attached hydrogens (primary N) is 1. The maximum atomic E-state index is 5.66. The third kappa shape index (κ3) is 4.01. The van der Waals surface area contributed by atoms with Crippen molar-refractivity contribution in [2.75, 3.05) is 19.8 Å². The second-order valence-corrected chi connectivity index (χ2v) is 5.73. The van der Waals surface area contributed by atoms with Crippen LogP contribution in [0.5, 0.6) is 0 Å². The van der Waals surface area contributed by atoms with Gasteiger partial charge in [-0.3, -0.25) is 0 Å². The number of aryl methyl sites for hydroxylation is 1. The molecule has 1 fully saturated rings. The summed E-state index contributed by atoms with van der Waals surface area (Å²) in [5.74, 6) is 3.17. The van der Waals surface area contributed by atoms with Crippen molar-refractivity contribution < 1.29 is 9.26 Å². The minimum absolute atomic E-state index is 0.322. The summed E-state index contributed by atoms with van der Waals surface area (Å²) in [6.45, 7) is 6.77. The first-order chi connectivity index (χ1) is 9.20. The Morgan fingerprint density at radius 3 is 2.84 bits per heavy atom. The van der Waals surface area contributed by atoms with E-state index < -0.39 is 0 Å². The first kappa shape index (κ1) is 14.5. The predicted molar refractivity (Wildman–Crippen MR) is 72.8 cm³/mol. The molecule has 1 aromatic heterocycles. The van der Waals surface area contributed by atoms with Crippen molar-refractivity contribution >= 4 is 0 Å². The summed E-state index contributed by atoms with van der Waals surface area (Å²) in [6.07, 6.45) is 3.98. The molecule has 108 valence electrons. The topological polar surface area (TPSA) is 74.2 Å². The molecule has 0 radical (unpaired) electrons. The van der Waals surface area contributed by atoms with Crippen LogP contribution in [0.1, 0.15) is 50.7 Å². The van der Waals surface area contributed by atoms with E-state index in [1.54, 1.807) is 0 Å². The Hall–Kier alpha value is -0.940. The lowest BCUT2D eigenvalue weighted by Crippen LogP contribution is -2.15. The van der Waals surface area contributed by atoms with Gasteiger partial charge in [0.25, 0.3) is 0 Å². The Balaban J connectivity index is 1.85. The summed E-state index contributed by atoms with van der Waals surface area (Å²) in [4.78, 5) is 4.49. The average molecular weight is 267 g/mol. The van der Waals surface area contributed by atoms with Gasteiger partial charge in [-0.1, -0.05) is 19.0 Å². The number of aromatic nitrogens is 2. The van der Waals surface area contributed by atoms with E-state index in [4.69, 9.17) is 15.0 Å². The third-order valence-electron chi connectivity index (χ3n) is 3.99. The molecule has 0 saturated carbocycles. The fraction of sp³-hybridized carbons (Fsp3) is 0.857. The van der Waals surface area contributed by atoms with E-state index in [0.29, 0.717) is 17.8 Å². The molecule has 0 spiro atoms. The normalized spacial score (nSPS) is 21.2. The fourth-order valence-electron chi connectivity index (χ4n) is 2.61. The molecule has 2 rings (SSSR count). The van der Waals surface area contributed by atoms with Gasteiger partial charge >= 0.3 is 0 Å². The van der Waals surface area contributed by atoms with E-state index in [1.807, 2.05) is 0 Å². The van der Waals surface area contributed by atoms with Crippen LogP contribution in [-0.4, -0.2) is 29.9 Å². The molecular formula is C14H25N3O2. The lowest BCUT2D eigenvalue weighted by atomic mass is 9.88. The highest BCUT2D eigenvalue weighted by Gasteiger charge is 2.23.